The van der Waals surface area contributed by atoms with Gasteiger partial charge in [0.15, 0.2) is 5.13 Å². The standard InChI is InChI=1S/C26H28N6OS/c1-31-12-10-23-24(17-31)34-26(29-23)30-25(33)19-6-3-8-21(14-19)32-11-4-9-22(32)16-28-20-7-2-5-18(13-20)15-27/h2-3,5-8,13-14,22,28H,4,9-12,16-17H2,1H3,(H,29,30,33). The minimum absolute atomic E-state index is 0.122. The van der Waals surface area contributed by atoms with Crippen LogP contribution in [0.15, 0.2) is 48.5 Å². The van der Waals surface area contributed by atoms with Crippen molar-refractivity contribution in [2.45, 2.75) is 31.8 Å². The van der Waals surface area contributed by atoms with E-state index in [0.717, 1.165) is 62.5 Å². The van der Waals surface area contributed by atoms with E-state index < -0.39 is 0 Å². The van der Waals surface area contributed by atoms with Crippen molar-refractivity contribution in [3.63, 3.8) is 0 Å². The lowest BCUT2D eigenvalue weighted by Crippen LogP contribution is -2.35. The Morgan fingerprint density at radius 2 is 2.12 bits per heavy atom. The summed E-state index contributed by atoms with van der Waals surface area (Å²) in [6, 6.07) is 17.9. The van der Waals surface area contributed by atoms with Gasteiger partial charge in [-0.15, -0.1) is 11.3 Å². The number of amides is 1. The summed E-state index contributed by atoms with van der Waals surface area (Å²) in [6.07, 6.45) is 3.12. The summed E-state index contributed by atoms with van der Waals surface area (Å²) in [5.74, 6) is -0.122. The minimum atomic E-state index is -0.122. The van der Waals surface area contributed by atoms with Crippen LogP contribution < -0.4 is 15.5 Å². The maximum atomic E-state index is 13.0. The van der Waals surface area contributed by atoms with Crippen LogP contribution in [0.1, 0.15) is 39.3 Å². The van der Waals surface area contributed by atoms with E-state index >= 15 is 0 Å². The highest BCUT2D eigenvalue weighted by atomic mass is 32.1. The zero-order valence-corrected chi connectivity index (χ0v) is 20.1. The van der Waals surface area contributed by atoms with Crippen LogP contribution in [0.2, 0.25) is 0 Å². The monoisotopic (exact) mass is 472 g/mol. The van der Waals surface area contributed by atoms with Gasteiger partial charge < -0.3 is 15.1 Å². The van der Waals surface area contributed by atoms with Crippen molar-refractivity contribution >= 4 is 33.8 Å². The van der Waals surface area contributed by atoms with Crippen LogP contribution >= 0.6 is 11.3 Å². The third-order valence-electron chi connectivity index (χ3n) is 6.49. The molecule has 1 fully saturated rings. The molecule has 3 heterocycles. The molecule has 2 aliphatic rings. The van der Waals surface area contributed by atoms with E-state index in [2.05, 4.69) is 44.6 Å². The molecule has 0 radical (unpaired) electrons. The molecule has 5 rings (SSSR count). The normalized spacial score (nSPS) is 17.8. The van der Waals surface area contributed by atoms with Gasteiger partial charge in [-0.1, -0.05) is 12.1 Å². The highest BCUT2D eigenvalue weighted by Crippen LogP contribution is 2.29. The smallest absolute Gasteiger partial charge is 0.257 e. The second-order valence-electron chi connectivity index (χ2n) is 8.94. The van der Waals surface area contributed by atoms with Crippen molar-refractivity contribution in [1.29, 1.82) is 5.26 Å². The largest absolute Gasteiger partial charge is 0.383 e. The molecule has 1 atom stereocenters. The zero-order valence-electron chi connectivity index (χ0n) is 19.3. The van der Waals surface area contributed by atoms with Crippen LogP contribution in [-0.2, 0) is 13.0 Å². The average molecular weight is 473 g/mol. The molecule has 1 aromatic heterocycles. The predicted molar refractivity (Wildman–Crippen MR) is 137 cm³/mol. The fourth-order valence-electron chi connectivity index (χ4n) is 4.69. The van der Waals surface area contributed by atoms with E-state index in [9.17, 15) is 4.79 Å². The van der Waals surface area contributed by atoms with Crippen molar-refractivity contribution < 1.29 is 4.79 Å². The molecule has 2 aliphatic heterocycles. The number of rotatable bonds is 6. The average Bonchev–Trinajstić information content (AvgIpc) is 3.49. The Kier molecular flexibility index (Phi) is 6.48. The van der Waals surface area contributed by atoms with E-state index in [1.807, 2.05) is 42.5 Å². The third-order valence-corrected chi connectivity index (χ3v) is 7.49. The predicted octanol–water partition coefficient (Wildman–Crippen LogP) is 4.34. The lowest BCUT2D eigenvalue weighted by atomic mass is 10.1. The number of hydrogen-bond donors (Lipinski definition) is 2. The molecule has 34 heavy (non-hydrogen) atoms. The Hall–Kier alpha value is -3.41. The van der Waals surface area contributed by atoms with Gasteiger partial charge in [0, 0.05) is 60.5 Å². The molecule has 7 nitrogen and oxygen atoms in total. The van der Waals surface area contributed by atoms with E-state index in [-0.39, 0.29) is 5.91 Å². The topological polar surface area (TPSA) is 84.3 Å². The summed E-state index contributed by atoms with van der Waals surface area (Å²) >= 11 is 1.58. The minimum Gasteiger partial charge on any atom is -0.383 e. The Morgan fingerprint density at radius 3 is 3.00 bits per heavy atom. The van der Waals surface area contributed by atoms with Gasteiger partial charge in [0.1, 0.15) is 0 Å². The second-order valence-corrected chi connectivity index (χ2v) is 10.0. The maximum absolute atomic E-state index is 13.0. The number of hydrogen-bond acceptors (Lipinski definition) is 7. The number of benzene rings is 2. The molecule has 2 aromatic carbocycles. The number of fused-ring (bicyclic) bond motifs is 1. The van der Waals surface area contributed by atoms with Gasteiger partial charge in [-0.25, -0.2) is 4.98 Å². The Balaban J connectivity index is 1.25. The highest BCUT2D eigenvalue weighted by Gasteiger charge is 2.25. The zero-order chi connectivity index (χ0) is 23.5. The summed E-state index contributed by atoms with van der Waals surface area (Å²) in [5, 5.41) is 16.3. The van der Waals surface area contributed by atoms with Crippen molar-refractivity contribution in [2.24, 2.45) is 0 Å². The lowest BCUT2D eigenvalue weighted by molar-refractivity contribution is 0.102. The number of likely N-dealkylation sites (N-methyl/N-ethyl adjacent to an activating group) is 1. The molecule has 1 saturated heterocycles. The number of anilines is 3. The molecule has 2 N–H and O–H groups in total. The number of nitrogens with zero attached hydrogens (tertiary/aromatic N) is 4. The molecule has 0 saturated carbocycles. The third kappa shape index (κ3) is 4.91. The van der Waals surface area contributed by atoms with Crippen LogP contribution in [0.5, 0.6) is 0 Å². The van der Waals surface area contributed by atoms with Gasteiger partial charge >= 0.3 is 0 Å². The van der Waals surface area contributed by atoms with Crippen LogP contribution in [0.25, 0.3) is 0 Å². The molecule has 3 aromatic rings. The first-order chi connectivity index (χ1) is 16.6. The molecule has 0 aliphatic carbocycles. The van der Waals surface area contributed by atoms with Gasteiger partial charge in [-0.3, -0.25) is 10.1 Å². The molecule has 174 valence electrons. The second kappa shape index (κ2) is 9.84. The first-order valence-electron chi connectivity index (χ1n) is 11.7. The first-order valence-corrected chi connectivity index (χ1v) is 12.5. The Bertz CT molecular complexity index is 1230. The number of carbonyl (C=O) groups excluding carboxylic acids is 1. The SMILES string of the molecule is CN1CCc2nc(NC(=O)c3cccc(N4CCCC4CNc4cccc(C#N)c4)c3)sc2C1. The molecule has 0 bridgehead atoms. The van der Waals surface area contributed by atoms with Crippen molar-refractivity contribution in [3.8, 4) is 6.07 Å². The number of nitriles is 1. The highest BCUT2D eigenvalue weighted by molar-refractivity contribution is 7.15. The maximum Gasteiger partial charge on any atom is 0.257 e. The van der Waals surface area contributed by atoms with E-state index in [1.165, 1.54) is 4.88 Å². The number of thiazole rings is 1. The van der Waals surface area contributed by atoms with Crippen LogP contribution in [0.4, 0.5) is 16.5 Å². The van der Waals surface area contributed by atoms with E-state index in [0.29, 0.717) is 22.3 Å². The lowest BCUT2D eigenvalue weighted by Gasteiger charge is -2.27. The number of carbonyl (C=O) groups is 1. The molecule has 1 unspecified atom stereocenters. The van der Waals surface area contributed by atoms with Gasteiger partial charge in [0.05, 0.1) is 17.3 Å². The Labute approximate surface area is 204 Å². The van der Waals surface area contributed by atoms with Crippen LogP contribution in [0.3, 0.4) is 0 Å². The first kappa shape index (κ1) is 22.4. The summed E-state index contributed by atoms with van der Waals surface area (Å²) < 4.78 is 0. The quantitative estimate of drug-likeness (QED) is 0.555. The summed E-state index contributed by atoms with van der Waals surface area (Å²) in [4.78, 5) is 23.5. The van der Waals surface area contributed by atoms with Gasteiger partial charge in [-0.2, -0.15) is 5.26 Å². The van der Waals surface area contributed by atoms with Crippen LogP contribution in [-0.4, -0.2) is 48.5 Å². The molecule has 8 heteroatoms. The molecular formula is C26H28N6OS. The molecular weight excluding hydrogens is 444 g/mol. The fraction of sp³-hybridized carbons (Fsp3) is 0.346. The number of aromatic nitrogens is 1. The van der Waals surface area contributed by atoms with E-state index in [1.54, 1.807) is 11.3 Å². The van der Waals surface area contributed by atoms with Crippen molar-refractivity contribution in [2.75, 3.05) is 42.2 Å². The summed E-state index contributed by atoms with van der Waals surface area (Å²) in [7, 11) is 2.11. The molecule has 0 spiro atoms. The van der Waals surface area contributed by atoms with Gasteiger partial charge in [0.2, 0.25) is 0 Å². The van der Waals surface area contributed by atoms with Gasteiger partial charge in [0.25, 0.3) is 5.91 Å². The number of nitrogens with one attached hydrogen (secondary N) is 2. The summed E-state index contributed by atoms with van der Waals surface area (Å²) in [6.45, 7) is 3.64. The van der Waals surface area contributed by atoms with E-state index in [4.69, 9.17) is 5.26 Å². The van der Waals surface area contributed by atoms with Crippen molar-refractivity contribution in [1.82, 2.24) is 9.88 Å². The summed E-state index contributed by atoms with van der Waals surface area (Å²) in [5.41, 5.74) is 4.42. The van der Waals surface area contributed by atoms with Crippen molar-refractivity contribution in [3.05, 3.63) is 70.2 Å². The Morgan fingerprint density at radius 1 is 1.24 bits per heavy atom. The fourth-order valence-corrected chi connectivity index (χ4v) is 5.78. The van der Waals surface area contributed by atoms with Gasteiger partial charge in [-0.05, 0) is 56.3 Å². The molecule has 1 amide bonds. The van der Waals surface area contributed by atoms with Crippen LogP contribution in [0, 0.1) is 11.3 Å².